The molecule has 0 unspecified atom stereocenters. The molecule has 1 aromatic heterocycles. The summed E-state index contributed by atoms with van der Waals surface area (Å²) in [5, 5.41) is 0. The van der Waals surface area contributed by atoms with Crippen molar-refractivity contribution in [2.75, 3.05) is 0 Å². The van der Waals surface area contributed by atoms with Gasteiger partial charge < -0.3 is 0 Å². The maximum atomic E-state index is 12.2. The van der Waals surface area contributed by atoms with E-state index in [9.17, 15) is 4.39 Å². The lowest BCUT2D eigenvalue weighted by Gasteiger charge is -1.91. The van der Waals surface area contributed by atoms with E-state index in [0.717, 1.165) is 4.47 Å². The SMILES string of the molecule is F/C(Br)=C\c1ccc(Br)cn1. The molecule has 1 nitrogen and oxygen atoms in total. The van der Waals surface area contributed by atoms with Crippen LogP contribution in [0.4, 0.5) is 4.39 Å². The van der Waals surface area contributed by atoms with Crippen molar-refractivity contribution in [2.24, 2.45) is 0 Å². The van der Waals surface area contributed by atoms with Crippen molar-refractivity contribution in [3.05, 3.63) is 33.2 Å². The van der Waals surface area contributed by atoms with Crippen LogP contribution in [0.2, 0.25) is 0 Å². The lowest BCUT2D eigenvalue weighted by Crippen LogP contribution is -1.77. The van der Waals surface area contributed by atoms with Gasteiger partial charge in [0.2, 0.25) is 0 Å². The Kier molecular flexibility index (Phi) is 3.20. The summed E-state index contributed by atoms with van der Waals surface area (Å²) in [5.74, 6) is 0. The van der Waals surface area contributed by atoms with Crippen LogP contribution in [0.1, 0.15) is 5.69 Å². The number of pyridine rings is 1. The third-order valence-corrected chi connectivity index (χ3v) is 1.71. The third kappa shape index (κ3) is 3.12. The highest BCUT2D eigenvalue weighted by atomic mass is 79.9. The molecule has 58 valence electrons. The molecule has 0 radical (unpaired) electrons. The van der Waals surface area contributed by atoms with Gasteiger partial charge in [0.1, 0.15) is 0 Å². The van der Waals surface area contributed by atoms with Crippen molar-refractivity contribution in [1.29, 1.82) is 0 Å². The van der Waals surface area contributed by atoms with Crippen LogP contribution in [0.5, 0.6) is 0 Å². The summed E-state index contributed by atoms with van der Waals surface area (Å²) in [6.45, 7) is 0. The van der Waals surface area contributed by atoms with Gasteiger partial charge in [0.15, 0.2) is 4.74 Å². The van der Waals surface area contributed by atoms with Gasteiger partial charge in [0.25, 0.3) is 0 Å². The highest BCUT2D eigenvalue weighted by Crippen LogP contribution is 2.13. The maximum absolute atomic E-state index is 12.2. The molecule has 0 N–H and O–H groups in total. The fourth-order valence-corrected chi connectivity index (χ4v) is 1.05. The van der Waals surface area contributed by atoms with E-state index in [4.69, 9.17) is 0 Å². The molecular formula is C7H4Br2FN. The summed E-state index contributed by atoms with van der Waals surface area (Å²) in [6.07, 6.45) is 2.91. The summed E-state index contributed by atoms with van der Waals surface area (Å²) < 4.78 is 12.7. The van der Waals surface area contributed by atoms with Gasteiger partial charge in [-0.15, -0.1) is 0 Å². The maximum Gasteiger partial charge on any atom is 0.167 e. The minimum Gasteiger partial charge on any atom is -0.256 e. The Morgan fingerprint density at radius 3 is 2.73 bits per heavy atom. The molecule has 0 aliphatic carbocycles. The average Bonchev–Trinajstić information content (AvgIpc) is 1.93. The predicted octanol–water partition coefficient (Wildman–Crippen LogP) is 3.51. The first-order valence-corrected chi connectivity index (χ1v) is 4.41. The quantitative estimate of drug-likeness (QED) is 0.767. The van der Waals surface area contributed by atoms with Gasteiger partial charge in [-0.05, 0) is 44.0 Å². The summed E-state index contributed by atoms with van der Waals surface area (Å²) in [4.78, 5) is 3.93. The number of rotatable bonds is 1. The van der Waals surface area contributed by atoms with E-state index in [1.165, 1.54) is 6.08 Å². The Hall–Kier alpha value is -0.220. The van der Waals surface area contributed by atoms with Crippen LogP contribution >= 0.6 is 31.9 Å². The van der Waals surface area contributed by atoms with Gasteiger partial charge in [-0.25, -0.2) is 0 Å². The molecule has 0 atom stereocenters. The monoisotopic (exact) mass is 279 g/mol. The second kappa shape index (κ2) is 3.97. The summed E-state index contributed by atoms with van der Waals surface area (Å²) >= 11 is 5.90. The lowest BCUT2D eigenvalue weighted by atomic mass is 10.3. The van der Waals surface area contributed by atoms with Crippen molar-refractivity contribution >= 4 is 37.9 Å². The standard InChI is InChI=1S/C7H4Br2FN/c8-5-1-2-6(11-4-5)3-7(9)10/h1-4H/b7-3-. The van der Waals surface area contributed by atoms with Crippen molar-refractivity contribution in [2.45, 2.75) is 0 Å². The first-order chi connectivity index (χ1) is 5.18. The largest absolute Gasteiger partial charge is 0.256 e. The van der Waals surface area contributed by atoms with Gasteiger partial charge in [0, 0.05) is 16.7 Å². The molecule has 0 saturated carbocycles. The molecule has 0 bridgehead atoms. The molecule has 4 heteroatoms. The van der Waals surface area contributed by atoms with E-state index in [2.05, 4.69) is 36.8 Å². The van der Waals surface area contributed by atoms with Crippen molar-refractivity contribution in [3.8, 4) is 0 Å². The smallest absolute Gasteiger partial charge is 0.167 e. The van der Waals surface area contributed by atoms with Gasteiger partial charge in [0.05, 0.1) is 5.69 Å². The minimum absolute atomic E-state index is 0.424. The zero-order chi connectivity index (χ0) is 8.27. The van der Waals surface area contributed by atoms with Gasteiger partial charge in [-0.3, -0.25) is 4.98 Å². The Bertz CT molecular complexity index is 264. The fourth-order valence-electron chi connectivity index (χ4n) is 0.584. The van der Waals surface area contributed by atoms with E-state index in [1.807, 2.05) is 0 Å². The molecule has 0 spiro atoms. The zero-order valence-electron chi connectivity index (χ0n) is 5.39. The molecule has 0 aliphatic heterocycles. The molecule has 0 fully saturated rings. The van der Waals surface area contributed by atoms with E-state index >= 15 is 0 Å². The van der Waals surface area contributed by atoms with Crippen molar-refractivity contribution in [3.63, 3.8) is 0 Å². The molecule has 0 aromatic carbocycles. The first-order valence-electron chi connectivity index (χ1n) is 2.83. The molecule has 1 heterocycles. The van der Waals surface area contributed by atoms with Crippen LogP contribution in [-0.2, 0) is 0 Å². The van der Waals surface area contributed by atoms with Crippen molar-refractivity contribution in [1.82, 2.24) is 4.98 Å². The Morgan fingerprint density at radius 1 is 1.55 bits per heavy atom. The van der Waals surface area contributed by atoms with Crippen molar-refractivity contribution < 1.29 is 4.39 Å². The highest BCUT2D eigenvalue weighted by Gasteiger charge is 1.91. The van der Waals surface area contributed by atoms with E-state index in [0.29, 0.717) is 5.69 Å². The van der Waals surface area contributed by atoms with Crippen LogP contribution in [-0.4, -0.2) is 4.98 Å². The second-order valence-corrected chi connectivity index (χ2v) is 3.51. The number of hydrogen-bond acceptors (Lipinski definition) is 1. The number of aromatic nitrogens is 1. The van der Waals surface area contributed by atoms with Gasteiger partial charge in [-0.2, -0.15) is 4.39 Å². The molecular weight excluding hydrogens is 277 g/mol. The van der Waals surface area contributed by atoms with E-state index in [1.54, 1.807) is 18.3 Å². The normalized spacial score (nSPS) is 11.7. The molecule has 1 aromatic rings. The third-order valence-electron chi connectivity index (χ3n) is 1.01. The highest BCUT2D eigenvalue weighted by molar-refractivity contribution is 9.11. The number of hydrogen-bond donors (Lipinski definition) is 0. The molecule has 0 saturated heterocycles. The fraction of sp³-hybridized carbons (Fsp3) is 0. The Balaban J connectivity index is 2.91. The van der Waals surface area contributed by atoms with E-state index in [-0.39, 0.29) is 0 Å². The minimum atomic E-state index is -0.424. The summed E-state index contributed by atoms with van der Waals surface area (Å²) in [6, 6.07) is 3.51. The lowest BCUT2D eigenvalue weighted by molar-refractivity contribution is 0.711. The van der Waals surface area contributed by atoms with Crippen LogP contribution < -0.4 is 0 Å². The second-order valence-electron chi connectivity index (χ2n) is 1.84. The van der Waals surface area contributed by atoms with Gasteiger partial charge in [-0.1, -0.05) is 0 Å². The molecule has 11 heavy (non-hydrogen) atoms. The molecule has 0 aliphatic rings. The Morgan fingerprint density at radius 2 is 2.27 bits per heavy atom. The number of nitrogens with zero attached hydrogens (tertiary/aromatic N) is 1. The summed E-state index contributed by atoms with van der Waals surface area (Å²) in [7, 11) is 0. The number of halogens is 3. The predicted molar refractivity (Wildman–Crippen MR) is 49.9 cm³/mol. The van der Waals surface area contributed by atoms with E-state index < -0.39 is 4.74 Å². The van der Waals surface area contributed by atoms with Crippen LogP contribution in [0.15, 0.2) is 27.5 Å². The Labute approximate surface area is 80.6 Å². The first kappa shape index (κ1) is 8.87. The average molecular weight is 281 g/mol. The van der Waals surface area contributed by atoms with Crippen LogP contribution in [0.25, 0.3) is 6.08 Å². The molecule has 1 rings (SSSR count). The zero-order valence-corrected chi connectivity index (χ0v) is 8.56. The van der Waals surface area contributed by atoms with Crippen LogP contribution in [0, 0.1) is 0 Å². The molecule has 0 amide bonds. The topological polar surface area (TPSA) is 12.9 Å². The van der Waals surface area contributed by atoms with Crippen LogP contribution in [0.3, 0.4) is 0 Å². The van der Waals surface area contributed by atoms with Gasteiger partial charge >= 0.3 is 0 Å². The summed E-state index contributed by atoms with van der Waals surface area (Å²) in [5.41, 5.74) is 0.586.